The van der Waals surface area contributed by atoms with Crippen molar-refractivity contribution in [3.8, 4) is 0 Å². The minimum absolute atomic E-state index is 0.0178. The molecule has 2 saturated heterocycles. The Kier molecular flexibility index (Phi) is 6.20. The molecule has 26 heavy (non-hydrogen) atoms. The molecule has 0 aromatic carbocycles. The average molecular weight is 371 g/mol. The molecule has 0 saturated carbocycles. The quantitative estimate of drug-likeness (QED) is 0.741. The zero-order valence-electron chi connectivity index (χ0n) is 16.8. The molecule has 2 rings (SSSR count). The molecule has 0 radical (unpaired) electrons. The summed E-state index contributed by atoms with van der Waals surface area (Å²) >= 11 is 0. The summed E-state index contributed by atoms with van der Waals surface area (Å²) in [6.07, 6.45) is -1.08. The SMILES string of the molecule is CCOC(=O)C(C)(C)CN1CC2CN(C(=O)OC(C)(C)C)CCN2C1O. The second-order valence-corrected chi connectivity index (χ2v) is 8.70. The van der Waals surface area contributed by atoms with Crippen molar-refractivity contribution in [2.75, 3.05) is 39.3 Å². The summed E-state index contributed by atoms with van der Waals surface area (Å²) in [6, 6.07) is 0.0178. The number of carbonyl (C=O) groups excluding carboxylic acids is 2. The largest absolute Gasteiger partial charge is 0.466 e. The van der Waals surface area contributed by atoms with Crippen LogP contribution in [0.15, 0.2) is 0 Å². The maximum Gasteiger partial charge on any atom is 0.410 e. The molecule has 2 aliphatic rings. The lowest BCUT2D eigenvalue weighted by molar-refractivity contribution is -0.157. The van der Waals surface area contributed by atoms with Gasteiger partial charge in [-0.2, -0.15) is 0 Å². The van der Waals surface area contributed by atoms with Gasteiger partial charge in [0.15, 0.2) is 6.35 Å². The Balaban J connectivity index is 1.97. The first-order valence-corrected chi connectivity index (χ1v) is 9.27. The Morgan fingerprint density at radius 2 is 1.77 bits per heavy atom. The minimum Gasteiger partial charge on any atom is -0.466 e. The van der Waals surface area contributed by atoms with Crippen LogP contribution in [-0.2, 0) is 14.3 Å². The summed E-state index contributed by atoms with van der Waals surface area (Å²) in [7, 11) is 0. The summed E-state index contributed by atoms with van der Waals surface area (Å²) in [5, 5.41) is 10.6. The number of amides is 1. The van der Waals surface area contributed by atoms with Crippen molar-refractivity contribution in [1.82, 2.24) is 14.7 Å². The van der Waals surface area contributed by atoms with Crippen LogP contribution in [0.2, 0.25) is 0 Å². The number of hydrogen-bond acceptors (Lipinski definition) is 7. The van der Waals surface area contributed by atoms with Crippen LogP contribution in [-0.4, -0.2) is 89.2 Å². The summed E-state index contributed by atoms with van der Waals surface area (Å²) in [5.74, 6) is -0.271. The van der Waals surface area contributed by atoms with Crippen molar-refractivity contribution >= 4 is 12.1 Å². The number of esters is 1. The van der Waals surface area contributed by atoms with Crippen molar-refractivity contribution in [2.45, 2.75) is 59.5 Å². The number of piperazine rings is 1. The lowest BCUT2D eigenvalue weighted by atomic mass is 9.93. The van der Waals surface area contributed by atoms with E-state index in [9.17, 15) is 14.7 Å². The molecule has 2 heterocycles. The Bertz CT molecular complexity index is 531. The highest BCUT2D eigenvalue weighted by Crippen LogP contribution is 2.28. The summed E-state index contributed by atoms with van der Waals surface area (Å²) < 4.78 is 10.6. The van der Waals surface area contributed by atoms with Gasteiger partial charge in [0.05, 0.1) is 12.0 Å². The molecule has 0 aromatic heterocycles. The highest BCUT2D eigenvalue weighted by Gasteiger charge is 2.45. The molecule has 2 unspecified atom stereocenters. The van der Waals surface area contributed by atoms with Crippen molar-refractivity contribution in [3.63, 3.8) is 0 Å². The third-order valence-electron chi connectivity index (χ3n) is 4.67. The van der Waals surface area contributed by atoms with Crippen molar-refractivity contribution in [1.29, 1.82) is 0 Å². The molecule has 2 fully saturated rings. The van der Waals surface area contributed by atoms with Gasteiger partial charge in [-0.3, -0.25) is 14.6 Å². The van der Waals surface area contributed by atoms with Crippen LogP contribution in [0, 0.1) is 5.41 Å². The van der Waals surface area contributed by atoms with Gasteiger partial charge in [-0.05, 0) is 41.5 Å². The van der Waals surface area contributed by atoms with Crippen LogP contribution in [0.4, 0.5) is 4.79 Å². The highest BCUT2D eigenvalue weighted by molar-refractivity contribution is 5.76. The molecule has 150 valence electrons. The van der Waals surface area contributed by atoms with Crippen LogP contribution in [0.1, 0.15) is 41.5 Å². The molecule has 1 N–H and O–H groups in total. The smallest absolute Gasteiger partial charge is 0.410 e. The van der Waals surface area contributed by atoms with Gasteiger partial charge in [0, 0.05) is 38.8 Å². The minimum atomic E-state index is -0.755. The van der Waals surface area contributed by atoms with Gasteiger partial charge in [-0.25, -0.2) is 4.79 Å². The normalized spacial score (nSPS) is 25.1. The highest BCUT2D eigenvalue weighted by atomic mass is 16.6. The third kappa shape index (κ3) is 4.86. The fourth-order valence-corrected chi connectivity index (χ4v) is 3.45. The topological polar surface area (TPSA) is 82.5 Å². The molecule has 0 aromatic rings. The average Bonchev–Trinajstić information content (AvgIpc) is 2.81. The number of hydrogen-bond donors (Lipinski definition) is 1. The lowest BCUT2D eigenvalue weighted by Crippen LogP contribution is -2.55. The molecule has 0 bridgehead atoms. The Morgan fingerprint density at radius 1 is 1.12 bits per heavy atom. The number of aliphatic hydroxyl groups is 1. The third-order valence-corrected chi connectivity index (χ3v) is 4.67. The number of rotatable bonds is 4. The second-order valence-electron chi connectivity index (χ2n) is 8.70. The first-order chi connectivity index (χ1) is 11.9. The van der Waals surface area contributed by atoms with Crippen molar-refractivity contribution in [2.24, 2.45) is 5.41 Å². The van der Waals surface area contributed by atoms with Gasteiger partial charge < -0.3 is 19.5 Å². The molecule has 1 amide bonds. The van der Waals surface area contributed by atoms with Crippen LogP contribution < -0.4 is 0 Å². The number of fused-ring (bicyclic) bond motifs is 1. The molecule has 0 aliphatic carbocycles. The van der Waals surface area contributed by atoms with E-state index in [2.05, 4.69) is 0 Å². The number of ether oxygens (including phenoxy) is 2. The van der Waals surface area contributed by atoms with E-state index in [1.807, 2.05) is 44.4 Å². The number of nitrogens with zero attached hydrogens (tertiary/aromatic N) is 3. The standard InChI is InChI=1S/C18H33N3O5/c1-7-25-14(22)18(5,6)12-20-11-13-10-19(8-9-21(13)15(20)23)16(24)26-17(2,3)4/h13,15,23H,7-12H2,1-6H3. The van der Waals surface area contributed by atoms with E-state index in [4.69, 9.17) is 9.47 Å². The molecule has 8 heteroatoms. The molecular weight excluding hydrogens is 338 g/mol. The second kappa shape index (κ2) is 7.70. The van der Waals surface area contributed by atoms with Gasteiger partial charge >= 0.3 is 12.1 Å². The molecule has 2 atom stereocenters. The van der Waals surface area contributed by atoms with E-state index >= 15 is 0 Å². The predicted molar refractivity (Wildman–Crippen MR) is 96.3 cm³/mol. The monoisotopic (exact) mass is 371 g/mol. The first-order valence-electron chi connectivity index (χ1n) is 9.27. The Hall–Kier alpha value is -1.38. The Morgan fingerprint density at radius 3 is 2.35 bits per heavy atom. The summed E-state index contributed by atoms with van der Waals surface area (Å²) in [6.45, 7) is 13.9. The van der Waals surface area contributed by atoms with Crippen LogP contribution >= 0.6 is 0 Å². The van der Waals surface area contributed by atoms with Gasteiger partial charge in [0.2, 0.25) is 0 Å². The zero-order chi connectivity index (χ0) is 19.7. The summed E-state index contributed by atoms with van der Waals surface area (Å²) in [5.41, 5.74) is -1.24. The predicted octanol–water partition coefficient (Wildman–Crippen LogP) is 1.09. The van der Waals surface area contributed by atoms with Gasteiger partial charge in [0.1, 0.15) is 5.60 Å². The van der Waals surface area contributed by atoms with Crippen molar-refractivity contribution in [3.05, 3.63) is 0 Å². The van der Waals surface area contributed by atoms with E-state index in [-0.39, 0.29) is 18.1 Å². The molecule has 0 spiro atoms. The zero-order valence-corrected chi connectivity index (χ0v) is 16.8. The number of aliphatic hydroxyl groups excluding tert-OH is 1. The van der Waals surface area contributed by atoms with Crippen LogP contribution in [0.25, 0.3) is 0 Å². The summed E-state index contributed by atoms with van der Waals surface area (Å²) in [4.78, 5) is 30.0. The van der Waals surface area contributed by atoms with Gasteiger partial charge in [0.25, 0.3) is 0 Å². The fourth-order valence-electron chi connectivity index (χ4n) is 3.45. The lowest BCUT2D eigenvalue weighted by Gasteiger charge is -2.38. The maximum absolute atomic E-state index is 12.3. The van der Waals surface area contributed by atoms with E-state index in [0.717, 1.165) is 0 Å². The molecule has 2 aliphatic heterocycles. The van der Waals surface area contributed by atoms with E-state index in [0.29, 0.717) is 39.3 Å². The Labute approximate surface area is 156 Å². The maximum atomic E-state index is 12.3. The molecular formula is C18H33N3O5. The number of carbonyl (C=O) groups is 2. The van der Waals surface area contributed by atoms with E-state index in [1.54, 1.807) is 11.8 Å². The van der Waals surface area contributed by atoms with E-state index in [1.165, 1.54) is 0 Å². The fraction of sp³-hybridized carbons (Fsp3) is 0.889. The molecule has 8 nitrogen and oxygen atoms in total. The van der Waals surface area contributed by atoms with E-state index < -0.39 is 17.4 Å². The van der Waals surface area contributed by atoms with Crippen LogP contribution in [0.3, 0.4) is 0 Å². The first kappa shape index (κ1) is 20.9. The van der Waals surface area contributed by atoms with Gasteiger partial charge in [-0.1, -0.05) is 0 Å². The van der Waals surface area contributed by atoms with Crippen LogP contribution in [0.5, 0.6) is 0 Å². The van der Waals surface area contributed by atoms with Gasteiger partial charge in [-0.15, -0.1) is 0 Å². The van der Waals surface area contributed by atoms with Crippen molar-refractivity contribution < 1.29 is 24.2 Å².